The molecule has 2 unspecified atom stereocenters. The molecule has 0 aromatic heterocycles. The third-order valence-electron chi connectivity index (χ3n) is 4.53. The molecule has 1 aromatic rings. The molecule has 1 aliphatic rings. The van der Waals surface area contributed by atoms with Crippen molar-refractivity contribution in [2.24, 2.45) is 5.92 Å². The summed E-state index contributed by atoms with van der Waals surface area (Å²) in [7, 11) is 0. The molecule has 2 N–H and O–H groups in total. The number of likely N-dealkylation sites (tertiary alicyclic amines) is 1. The molecule has 1 saturated heterocycles. The SMILES string of the molecule is CC1CCCN(CCCCNC(=O)CC(O)c2ccccc2)C1. The number of hydrogen-bond donors (Lipinski definition) is 2. The summed E-state index contributed by atoms with van der Waals surface area (Å²) < 4.78 is 0. The number of benzene rings is 1. The summed E-state index contributed by atoms with van der Waals surface area (Å²) in [5, 5.41) is 12.9. The maximum absolute atomic E-state index is 11.9. The minimum Gasteiger partial charge on any atom is -0.388 e. The molecule has 4 nitrogen and oxygen atoms in total. The Bertz CT molecular complexity index is 464. The molecular formula is C19H30N2O2. The second-order valence-corrected chi connectivity index (χ2v) is 6.74. The van der Waals surface area contributed by atoms with Gasteiger partial charge in [0.1, 0.15) is 0 Å². The molecule has 1 amide bonds. The zero-order valence-electron chi connectivity index (χ0n) is 14.2. The van der Waals surface area contributed by atoms with E-state index in [9.17, 15) is 9.90 Å². The minimum absolute atomic E-state index is 0.0760. The van der Waals surface area contributed by atoms with Gasteiger partial charge >= 0.3 is 0 Å². The second-order valence-electron chi connectivity index (χ2n) is 6.74. The number of hydrogen-bond acceptors (Lipinski definition) is 3. The fourth-order valence-electron chi connectivity index (χ4n) is 3.22. The monoisotopic (exact) mass is 318 g/mol. The Balaban J connectivity index is 1.54. The van der Waals surface area contributed by atoms with Crippen LogP contribution < -0.4 is 5.32 Å². The van der Waals surface area contributed by atoms with Gasteiger partial charge in [-0.3, -0.25) is 4.79 Å². The van der Waals surface area contributed by atoms with Crippen molar-refractivity contribution in [2.45, 2.75) is 45.1 Å². The van der Waals surface area contributed by atoms with E-state index in [0.717, 1.165) is 30.9 Å². The highest BCUT2D eigenvalue weighted by Crippen LogP contribution is 2.16. The van der Waals surface area contributed by atoms with Gasteiger partial charge in [0.15, 0.2) is 0 Å². The lowest BCUT2D eigenvalue weighted by atomic mass is 10.0. The van der Waals surface area contributed by atoms with Crippen LogP contribution in [0.15, 0.2) is 30.3 Å². The highest BCUT2D eigenvalue weighted by Gasteiger charge is 2.15. The van der Waals surface area contributed by atoms with E-state index in [1.165, 1.54) is 25.9 Å². The van der Waals surface area contributed by atoms with Crippen LogP contribution in [-0.2, 0) is 4.79 Å². The van der Waals surface area contributed by atoms with Crippen LogP contribution in [0.4, 0.5) is 0 Å². The van der Waals surface area contributed by atoms with Crippen molar-refractivity contribution in [1.82, 2.24) is 10.2 Å². The predicted octanol–water partition coefficient (Wildman–Crippen LogP) is 2.74. The van der Waals surface area contributed by atoms with Gasteiger partial charge in [0, 0.05) is 13.1 Å². The van der Waals surface area contributed by atoms with Crippen molar-refractivity contribution in [3.63, 3.8) is 0 Å². The smallest absolute Gasteiger partial charge is 0.222 e. The van der Waals surface area contributed by atoms with Gasteiger partial charge in [-0.25, -0.2) is 0 Å². The lowest BCUT2D eigenvalue weighted by Gasteiger charge is -2.30. The summed E-state index contributed by atoms with van der Waals surface area (Å²) >= 11 is 0. The Morgan fingerprint density at radius 2 is 2.13 bits per heavy atom. The first kappa shape index (κ1) is 18.0. The zero-order valence-corrected chi connectivity index (χ0v) is 14.2. The number of nitrogens with one attached hydrogen (secondary N) is 1. The van der Waals surface area contributed by atoms with E-state index in [1.54, 1.807) is 0 Å². The van der Waals surface area contributed by atoms with Crippen LogP contribution in [-0.4, -0.2) is 42.1 Å². The standard InChI is InChI=1S/C19H30N2O2/c1-16-8-7-13-21(15-16)12-6-5-11-20-19(23)14-18(22)17-9-3-2-4-10-17/h2-4,9-10,16,18,22H,5-8,11-15H2,1H3,(H,20,23). The normalized spacial score (nSPS) is 20.2. The average molecular weight is 318 g/mol. The summed E-state index contributed by atoms with van der Waals surface area (Å²) in [5.41, 5.74) is 0.793. The van der Waals surface area contributed by atoms with Gasteiger partial charge in [0.05, 0.1) is 12.5 Å². The molecule has 1 aliphatic heterocycles. The lowest BCUT2D eigenvalue weighted by molar-refractivity contribution is -0.123. The first-order valence-electron chi connectivity index (χ1n) is 8.87. The highest BCUT2D eigenvalue weighted by atomic mass is 16.3. The summed E-state index contributed by atoms with van der Waals surface area (Å²) in [6, 6.07) is 9.34. The van der Waals surface area contributed by atoms with Crippen molar-refractivity contribution in [1.29, 1.82) is 0 Å². The van der Waals surface area contributed by atoms with Crippen molar-refractivity contribution < 1.29 is 9.90 Å². The van der Waals surface area contributed by atoms with E-state index in [2.05, 4.69) is 17.1 Å². The molecule has 0 aliphatic carbocycles. The van der Waals surface area contributed by atoms with E-state index in [-0.39, 0.29) is 12.3 Å². The highest BCUT2D eigenvalue weighted by molar-refractivity contribution is 5.76. The Hall–Kier alpha value is -1.39. The largest absolute Gasteiger partial charge is 0.388 e. The molecule has 0 bridgehead atoms. The molecule has 0 spiro atoms. The maximum atomic E-state index is 11.9. The predicted molar refractivity (Wildman–Crippen MR) is 93.1 cm³/mol. The topological polar surface area (TPSA) is 52.6 Å². The molecule has 1 fully saturated rings. The fraction of sp³-hybridized carbons (Fsp3) is 0.632. The molecule has 23 heavy (non-hydrogen) atoms. The Labute approximate surface area is 139 Å². The first-order chi connectivity index (χ1) is 11.1. The van der Waals surface area contributed by atoms with Gasteiger partial charge in [-0.05, 0) is 50.3 Å². The molecule has 0 radical (unpaired) electrons. The summed E-state index contributed by atoms with van der Waals surface area (Å²) in [6.45, 7) is 6.59. The molecule has 2 rings (SSSR count). The molecule has 1 heterocycles. The fourth-order valence-corrected chi connectivity index (χ4v) is 3.22. The minimum atomic E-state index is -0.717. The Morgan fingerprint density at radius 1 is 1.35 bits per heavy atom. The van der Waals surface area contributed by atoms with Gasteiger partial charge in [-0.15, -0.1) is 0 Å². The van der Waals surface area contributed by atoms with Crippen LogP contribution >= 0.6 is 0 Å². The van der Waals surface area contributed by atoms with E-state index in [0.29, 0.717) is 6.54 Å². The Morgan fingerprint density at radius 3 is 2.87 bits per heavy atom. The van der Waals surface area contributed by atoms with E-state index >= 15 is 0 Å². The van der Waals surface area contributed by atoms with Crippen LogP contribution in [0.2, 0.25) is 0 Å². The number of amides is 1. The quantitative estimate of drug-likeness (QED) is 0.725. The van der Waals surface area contributed by atoms with E-state index in [4.69, 9.17) is 0 Å². The van der Waals surface area contributed by atoms with Crippen LogP contribution in [0.1, 0.15) is 50.7 Å². The van der Waals surface area contributed by atoms with Crippen molar-refractivity contribution >= 4 is 5.91 Å². The van der Waals surface area contributed by atoms with Crippen molar-refractivity contribution in [3.05, 3.63) is 35.9 Å². The number of unbranched alkanes of at least 4 members (excludes halogenated alkanes) is 1. The number of nitrogens with zero attached hydrogens (tertiary/aromatic N) is 1. The maximum Gasteiger partial charge on any atom is 0.222 e. The number of aliphatic hydroxyl groups excluding tert-OH is 1. The van der Waals surface area contributed by atoms with E-state index in [1.807, 2.05) is 30.3 Å². The van der Waals surface area contributed by atoms with E-state index < -0.39 is 6.10 Å². The Kier molecular flexibility index (Phi) is 7.56. The summed E-state index contributed by atoms with van der Waals surface area (Å²) in [6.07, 6.45) is 4.21. The van der Waals surface area contributed by atoms with Gasteiger partial charge in [0.25, 0.3) is 0 Å². The summed E-state index contributed by atoms with van der Waals surface area (Å²) in [5.74, 6) is 0.746. The third kappa shape index (κ3) is 6.71. The number of carbonyl (C=O) groups is 1. The average Bonchev–Trinajstić information content (AvgIpc) is 2.55. The van der Waals surface area contributed by atoms with Crippen LogP contribution in [0.5, 0.6) is 0 Å². The molecular weight excluding hydrogens is 288 g/mol. The first-order valence-corrected chi connectivity index (χ1v) is 8.87. The van der Waals surface area contributed by atoms with Gasteiger partial charge in [-0.2, -0.15) is 0 Å². The van der Waals surface area contributed by atoms with Crippen LogP contribution in [0.25, 0.3) is 0 Å². The van der Waals surface area contributed by atoms with Crippen molar-refractivity contribution in [2.75, 3.05) is 26.2 Å². The van der Waals surface area contributed by atoms with Crippen LogP contribution in [0.3, 0.4) is 0 Å². The molecule has 4 heteroatoms. The molecule has 2 atom stereocenters. The van der Waals surface area contributed by atoms with Crippen LogP contribution in [0, 0.1) is 5.92 Å². The molecule has 128 valence electrons. The molecule has 1 aromatic carbocycles. The summed E-state index contributed by atoms with van der Waals surface area (Å²) in [4.78, 5) is 14.4. The molecule has 0 saturated carbocycles. The van der Waals surface area contributed by atoms with Gasteiger partial charge in [-0.1, -0.05) is 37.3 Å². The number of carbonyl (C=O) groups excluding carboxylic acids is 1. The van der Waals surface area contributed by atoms with Gasteiger partial charge in [0.2, 0.25) is 5.91 Å². The zero-order chi connectivity index (χ0) is 16.5. The van der Waals surface area contributed by atoms with Crippen molar-refractivity contribution in [3.8, 4) is 0 Å². The number of aliphatic hydroxyl groups is 1. The number of rotatable bonds is 8. The number of piperidine rings is 1. The lowest BCUT2D eigenvalue weighted by Crippen LogP contribution is -2.35. The third-order valence-corrected chi connectivity index (χ3v) is 4.53. The van der Waals surface area contributed by atoms with Gasteiger partial charge < -0.3 is 15.3 Å². The second kappa shape index (κ2) is 9.68.